The Balaban J connectivity index is 1.50. The van der Waals surface area contributed by atoms with Crippen LogP contribution >= 0.6 is 11.3 Å². The number of benzene rings is 1. The van der Waals surface area contributed by atoms with E-state index in [1.54, 1.807) is 23.6 Å². The second-order valence-corrected chi connectivity index (χ2v) is 10.2. The van der Waals surface area contributed by atoms with Crippen LogP contribution in [-0.4, -0.2) is 72.0 Å². The number of amides is 1. The standard InChI is InChI=1S/C27H28F2N8OS/c1-4-21-26(34(3)27-33-24(22(14-30)39-27)17-5-7-18(28)8-6-17)37-15-19(13-20(29)25(37)32-21)36-11-9-35(10-12-36)16-23(38)31-2/h5-8,13,15H,4,9-12,16H2,1-3H3,(H,31,38). The molecule has 1 N–H and O–H groups in total. The molecule has 0 aliphatic carbocycles. The number of likely N-dealkylation sites (N-methyl/N-ethyl adjacent to an activating group) is 1. The molecule has 0 unspecified atom stereocenters. The molecule has 0 spiro atoms. The van der Waals surface area contributed by atoms with Gasteiger partial charge in [-0.05, 0) is 30.7 Å². The minimum absolute atomic E-state index is 0.0292. The van der Waals surface area contributed by atoms with Crippen molar-refractivity contribution in [1.29, 1.82) is 5.26 Å². The first-order chi connectivity index (χ1) is 18.8. The molecular weight excluding hydrogens is 522 g/mol. The molecule has 1 aliphatic heterocycles. The quantitative estimate of drug-likeness (QED) is 0.374. The predicted octanol–water partition coefficient (Wildman–Crippen LogP) is 3.81. The van der Waals surface area contributed by atoms with E-state index >= 15 is 4.39 Å². The summed E-state index contributed by atoms with van der Waals surface area (Å²) in [6, 6.07) is 9.55. The molecule has 0 bridgehead atoms. The molecule has 1 aliphatic rings. The summed E-state index contributed by atoms with van der Waals surface area (Å²) in [6.45, 7) is 4.98. The zero-order valence-corrected chi connectivity index (χ0v) is 22.7. The third-order valence-electron chi connectivity index (χ3n) is 6.86. The maximum atomic E-state index is 15.4. The van der Waals surface area contributed by atoms with E-state index in [2.05, 4.69) is 26.2 Å². The lowest BCUT2D eigenvalue weighted by Crippen LogP contribution is -2.49. The summed E-state index contributed by atoms with van der Waals surface area (Å²) in [5, 5.41) is 12.9. The van der Waals surface area contributed by atoms with Crippen molar-refractivity contribution < 1.29 is 13.6 Å². The maximum absolute atomic E-state index is 15.4. The fraction of sp³-hybridized carbons (Fsp3) is 0.333. The van der Waals surface area contributed by atoms with Crippen LogP contribution in [0.15, 0.2) is 36.5 Å². The molecule has 202 valence electrons. The number of thiazole rings is 1. The van der Waals surface area contributed by atoms with Gasteiger partial charge in [-0.15, -0.1) is 0 Å². The lowest BCUT2D eigenvalue weighted by molar-refractivity contribution is -0.121. The van der Waals surface area contributed by atoms with Gasteiger partial charge in [0, 0.05) is 58.1 Å². The highest BCUT2D eigenvalue weighted by atomic mass is 32.1. The fourth-order valence-corrected chi connectivity index (χ4v) is 5.61. The molecule has 39 heavy (non-hydrogen) atoms. The Labute approximate surface area is 228 Å². The number of imidazole rings is 1. The summed E-state index contributed by atoms with van der Waals surface area (Å²) in [5.41, 5.74) is 2.74. The summed E-state index contributed by atoms with van der Waals surface area (Å²) in [6.07, 6.45) is 2.44. The fourth-order valence-electron chi connectivity index (χ4n) is 4.76. The SMILES string of the molecule is CCc1nc2c(F)cc(N3CCN(CC(=O)NC)CC3)cn2c1N(C)c1nc(-c2ccc(F)cc2)c(C#N)s1. The highest BCUT2D eigenvalue weighted by Gasteiger charge is 2.25. The molecule has 4 heterocycles. The molecule has 5 rings (SSSR count). The molecule has 1 amide bonds. The number of carbonyl (C=O) groups excluding carboxylic acids is 1. The number of hydrogen-bond donors (Lipinski definition) is 1. The Morgan fingerprint density at radius 3 is 2.54 bits per heavy atom. The zero-order chi connectivity index (χ0) is 27.7. The van der Waals surface area contributed by atoms with Gasteiger partial charge in [0.05, 0.1) is 17.9 Å². The van der Waals surface area contributed by atoms with Crippen LogP contribution in [0.3, 0.4) is 0 Å². The number of aromatic nitrogens is 3. The molecule has 9 nitrogen and oxygen atoms in total. The van der Waals surface area contributed by atoms with Crippen molar-refractivity contribution >= 4 is 39.5 Å². The number of hydrogen-bond acceptors (Lipinski definition) is 8. The lowest BCUT2D eigenvalue weighted by atomic mass is 10.1. The molecule has 4 aromatic rings. The number of pyridine rings is 1. The topological polar surface area (TPSA) is 92.8 Å². The van der Waals surface area contributed by atoms with Crippen LogP contribution in [0.5, 0.6) is 0 Å². The highest BCUT2D eigenvalue weighted by Crippen LogP contribution is 2.37. The number of halogens is 2. The summed E-state index contributed by atoms with van der Waals surface area (Å²) in [4.78, 5) is 27.4. The van der Waals surface area contributed by atoms with Gasteiger partial charge in [-0.3, -0.25) is 14.1 Å². The number of aryl methyl sites for hydroxylation is 1. The molecule has 1 fully saturated rings. The van der Waals surface area contributed by atoms with E-state index in [0.29, 0.717) is 71.9 Å². The summed E-state index contributed by atoms with van der Waals surface area (Å²) >= 11 is 1.21. The van der Waals surface area contributed by atoms with E-state index in [-0.39, 0.29) is 17.4 Å². The first kappa shape index (κ1) is 26.5. The summed E-state index contributed by atoms with van der Waals surface area (Å²) < 4.78 is 30.6. The van der Waals surface area contributed by atoms with Crippen LogP contribution in [0.1, 0.15) is 17.5 Å². The predicted molar refractivity (Wildman–Crippen MR) is 148 cm³/mol. The number of carbonyl (C=O) groups is 1. The molecule has 3 aromatic heterocycles. The van der Waals surface area contributed by atoms with Gasteiger partial charge >= 0.3 is 0 Å². The normalized spacial score (nSPS) is 14.0. The molecule has 1 aromatic carbocycles. The average Bonchev–Trinajstić information content (AvgIpc) is 3.55. The van der Waals surface area contributed by atoms with Gasteiger partial charge in [0.2, 0.25) is 5.91 Å². The summed E-state index contributed by atoms with van der Waals surface area (Å²) in [5.74, 6) is -0.166. The number of nitrogens with zero attached hydrogens (tertiary/aromatic N) is 7. The number of rotatable bonds is 7. The number of fused-ring (bicyclic) bond motifs is 1. The molecule has 1 saturated heterocycles. The first-order valence-corrected chi connectivity index (χ1v) is 13.4. The van der Waals surface area contributed by atoms with Crippen molar-refractivity contribution in [3.63, 3.8) is 0 Å². The van der Waals surface area contributed by atoms with Crippen LogP contribution in [0.2, 0.25) is 0 Å². The Morgan fingerprint density at radius 2 is 1.90 bits per heavy atom. The molecule has 0 atom stereocenters. The van der Waals surface area contributed by atoms with E-state index in [9.17, 15) is 14.4 Å². The first-order valence-electron chi connectivity index (χ1n) is 12.6. The van der Waals surface area contributed by atoms with E-state index in [0.717, 1.165) is 5.69 Å². The Hall–Kier alpha value is -4.08. The third-order valence-corrected chi connectivity index (χ3v) is 7.90. The van der Waals surface area contributed by atoms with Gasteiger partial charge < -0.3 is 15.1 Å². The second kappa shape index (κ2) is 11.0. The van der Waals surface area contributed by atoms with E-state index in [4.69, 9.17) is 4.98 Å². The van der Waals surface area contributed by atoms with Crippen LogP contribution in [-0.2, 0) is 11.2 Å². The second-order valence-electron chi connectivity index (χ2n) is 9.26. The van der Waals surface area contributed by atoms with Crippen molar-refractivity contribution in [3.8, 4) is 17.3 Å². The van der Waals surface area contributed by atoms with Gasteiger partial charge in [-0.25, -0.2) is 18.7 Å². The van der Waals surface area contributed by atoms with Gasteiger partial charge in [-0.2, -0.15) is 5.26 Å². The van der Waals surface area contributed by atoms with Crippen molar-refractivity contribution in [1.82, 2.24) is 24.6 Å². The Morgan fingerprint density at radius 1 is 1.18 bits per heavy atom. The highest BCUT2D eigenvalue weighted by molar-refractivity contribution is 7.16. The molecule has 12 heteroatoms. The minimum atomic E-state index is -0.432. The van der Waals surface area contributed by atoms with Crippen molar-refractivity contribution in [3.05, 3.63) is 58.7 Å². The van der Waals surface area contributed by atoms with E-state index < -0.39 is 5.82 Å². The van der Waals surface area contributed by atoms with Crippen molar-refractivity contribution in [2.75, 3.05) is 56.6 Å². The van der Waals surface area contributed by atoms with Crippen LogP contribution in [0, 0.1) is 23.0 Å². The van der Waals surface area contributed by atoms with E-state index in [1.165, 1.54) is 29.5 Å². The Kier molecular flexibility index (Phi) is 7.45. The summed E-state index contributed by atoms with van der Waals surface area (Å²) in [7, 11) is 3.44. The third kappa shape index (κ3) is 5.15. The molecular formula is C27H28F2N8OS. The van der Waals surface area contributed by atoms with Gasteiger partial charge in [0.25, 0.3) is 0 Å². The van der Waals surface area contributed by atoms with Crippen LogP contribution in [0.25, 0.3) is 16.9 Å². The van der Waals surface area contributed by atoms with Gasteiger partial charge in [0.1, 0.15) is 28.3 Å². The monoisotopic (exact) mass is 550 g/mol. The number of piperazine rings is 1. The number of nitrogens with one attached hydrogen (secondary N) is 1. The number of nitriles is 1. The zero-order valence-electron chi connectivity index (χ0n) is 21.9. The average molecular weight is 551 g/mol. The Bertz CT molecular complexity index is 1550. The maximum Gasteiger partial charge on any atom is 0.233 e. The van der Waals surface area contributed by atoms with Gasteiger partial charge in [0.15, 0.2) is 16.6 Å². The minimum Gasteiger partial charge on any atom is -0.368 e. The van der Waals surface area contributed by atoms with Crippen LogP contribution in [0.4, 0.5) is 25.4 Å². The molecule has 0 saturated carbocycles. The van der Waals surface area contributed by atoms with Crippen LogP contribution < -0.4 is 15.1 Å². The van der Waals surface area contributed by atoms with Crippen molar-refractivity contribution in [2.24, 2.45) is 0 Å². The largest absolute Gasteiger partial charge is 0.368 e. The van der Waals surface area contributed by atoms with Gasteiger partial charge in [-0.1, -0.05) is 18.3 Å². The smallest absolute Gasteiger partial charge is 0.233 e. The molecule has 0 radical (unpaired) electrons. The van der Waals surface area contributed by atoms with E-state index in [1.807, 2.05) is 25.1 Å². The number of anilines is 3. The lowest BCUT2D eigenvalue weighted by Gasteiger charge is -2.35. The van der Waals surface area contributed by atoms with Crippen molar-refractivity contribution in [2.45, 2.75) is 13.3 Å².